The standard InChI is InChI=1S/C20H12N4O4S3/c25-17(13-3-1-11(2-4-13)9-16-18(26)23-20(29)31-16)22-19-21-15(10-30-19)12-5-7-14(8-6-12)24(27)28/h1-10H,(H,21,22,25)(H,23,26,29)/b16-9-. The molecule has 1 fully saturated rings. The van der Waals surface area contributed by atoms with Crippen LogP contribution < -0.4 is 10.6 Å². The summed E-state index contributed by atoms with van der Waals surface area (Å²) in [6, 6.07) is 12.8. The first kappa shape index (κ1) is 20.8. The number of carbonyl (C=O) groups is 2. The Morgan fingerprint density at radius 3 is 2.48 bits per heavy atom. The molecule has 31 heavy (non-hydrogen) atoms. The van der Waals surface area contributed by atoms with Crippen molar-refractivity contribution in [1.29, 1.82) is 0 Å². The number of hydrogen-bond donors (Lipinski definition) is 2. The molecular formula is C20H12N4O4S3. The Morgan fingerprint density at radius 1 is 1.16 bits per heavy atom. The van der Waals surface area contributed by atoms with Crippen LogP contribution in [0.4, 0.5) is 10.8 Å². The van der Waals surface area contributed by atoms with Gasteiger partial charge in [0.2, 0.25) is 0 Å². The Labute approximate surface area is 189 Å². The van der Waals surface area contributed by atoms with Gasteiger partial charge in [-0.1, -0.05) is 36.1 Å². The topological polar surface area (TPSA) is 114 Å². The highest BCUT2D eigenvalue weighted by molar-refractivity contribution is 8.26. The summed E-state index contributed by atoms with van der Waals surface area (Å²) in [4.78, 5) is 39.4. The summed E-state index contributed by atoms with van der Waals surface area (Å²) in [5, 5.41) is 18.2. The summed E-state index contributed by atoms with van der Waals surface area (Å²) in [5.74, 6) is -0.553. The fourth-order valence-corrected chi connectivity index (χ4v) is 4.45. The van der Waals surface area contributed by atoms with Crippen LogP contribution in [0.25, 0.3) is 17.3 Å². The Balaban J connectivity index is 1.43. The number of nitro groups is 1. The second-order valence-electron chi connectivity index (χ2n) is 6.27. The van der Waals surface area contributed by atoms with E-state index in [0.717, 1.165) is 5.56 Å². The number of anilines is 1. The molecule has 154 valence electrons. The maximum atomic E-state index is 12.5. The van der Waals surface area contributed by atoms with Crippen LogP contribution in [-0.4, -0.2) is 26.0 Å². The van der Waals surface area contributed by atoms with Crippen molar-refractivity contribution in [3.8, 4) is 11.3 Å². The van der Waals surface area contributed by atoms with Gasteiger partial charge in [0.05, 0.1) is 15.5 Å². The van der Waals surface area contributed by atoms with Crippen LogP contribution >= 0.6 is 35.3 Å². The number of amides is 2. The number of hydrogen-bond acceptors (Lipinski definition) is 8. The third-order valence-corrected chi connectivity index (χ3v) is 6.13. The van der Waals surface area contributed by atoms with E-state index in [1.54, 1.807) is 47.9 Å². The minimum Gasteiger partial charge on any atom is -0.307 e. The first-order valence-corrected chi connectivity index (χ1v) is 10.9. The number of nitrogens with zero attached hydrogens (tertiary/aromatic N) is 2. The normalized spacial score (nSPS) is 14.5. The minimum atomic E-state index is -0.464. The van der Waals surface area contributed by atoms with Crippen molar-refractivity contribution in [2.45, 2.75) is 0 Å². The minimum absolute atomic E-state index is 0.00135. The number of benzene rings is 2. The van der Waals surface area contributed by atoms with Gasteiger partial charge in [0.25, 0.3) is 17.5 Å². The lowest BCUT2D eigenvalue weighted by atomic mass is 10.1. The Bertz CT molecular complexity index is 1230. The van der Waals surface area contributed by atoms with Gasteiger partial charge >= 0.3 is 0 Å². The Hall–Kier alpha value is -3.41. The smallest absolute Gasteiger partial charge is 0.269 e. The summed E-state index contributed by atoms with van der Waals surface area (Å²) in [7, 11) is 0. The molecule has 0 radical (unpaired) electrons. The second kappa shape index (κ2) is 8.76. The average Bonchev–Trinajstić information content (AvgIpc) is 3.34. The van der Waals surface area contributed by atoms with E-state index in [4.69, 9.17) is 12.2 Å². The highest BCUT2D eigenvalue weighted by Crippen LogP contribution is 2.28. The van der Waals surface area contributed by atoms with E-state index in [1.165, 1.54) is 35.2 Å². The van der Waals surface area contributed by atoms with Crippen LogP contribution in [0.15, 0.2) is 58.8 Å². The van der Waals surface area contributed by atoms with Crippen molar-refractivity contribution >= 4 is 68.3 Å². The van der Waals surface area contributed by atoms with Gasteiger partial charge in [-0.15, -0.1) is 11.3 Å². The highest BCUT2D eigenvalue weighted by atomic mass is 32.2. The molecule has 0 unspecified atom stereocenters. The summed E-state index contributed by atoms with van der Waals surface area (Å²) in [6.45, 7) is 0. The number of rotatable bonds is 5. The molecule has 0 atom stereocenters. The molecule has 2 aromatic carbocycles. The predicted molar refractivity (Wildman–Crippen MR) is 125 cm³/mol. The van der Waals surface area contributed by atoms with Crippen molar-refractivity contribution in [1.82, 2.24) is 10.3 Å². The van der Waals surface area contributed by atoms with Gasteiger partial charge in [0.1, 0.15) is 4.32 Å². The largest absolute Gasteiger partial charge is 0.307 e. The van der Waals surface area contributed by atoms with E-state index in [-0.39, 0.29) is 17.5 Å². The SMILES string of the molecule is O=C1NC(=S)S/C1=C\c1ccc(C(=O)Nc2nc(-c3ccc([N+](=O)[O-])cc3)cs2)cc1. The molecule has 0 spiro atoms. The molecular weight excluding hydrogens is 456 g/mol. The van der Waals surface area contributed by atoms with Crippen molar-refractivity contribution in [3.05, 3.63) is 80.1 Å². The van der Waals surface area contributed by atoms with Gasteiger partial charge < -0.3 is 5.32 Å². The number of non-ortho nitro benzene ring substituents is 1. The van der Waals surface area contributed by atoms with E-state index in [0.29, 0.717) is 31.2 Å². The first-order chi connectivity index (χ1) is 14.9. The molecule has 0 aliphatic carbocycles. The summed E-state index contributed by atoms with van der Waals surface area (Å²) in [6.07, 6.45) is 1.71. The zero-order valence-corrected chi connectivity index (χ0v) is 18.0. The third-order valence-electron chi connectivity index (χ3n) is 4.21. The van der Waals surface area contributed by atoms with Crippen LogP contribution in [0.3, 0.4) is 0 Å². The molecule has 1 aliphatic rings. The molecule has 2 amide bonds. The molecule has 1 aromatic heterocycles. The molecule has 0 bridgehead atoms. The van der Waals surface area contributed by atoms with Gasteiger partial charge in [-0.3, -0.25) is 25.0 Å². The molecule has 4 rings (SSSR count). The van der Waals surface area contributed by atoms with E-state index < -0.39 is 4.92 Å². The third kappa shape index (κ3) is 4.85. The van der Waals surface area contributed by atoms with E-state index in [2.05, 4.69) is 15.6 Å². The van der Waals surface area contributed by atoms with Crippen LogP contribution in [0.5, 0.6) is 0 Å². The molecule has 0 saturated carbocycles. The van der Waals surface area contributed by atoms with Crippen LogP contribution in [-0.2, 0) is 4.79 Å². The van der Waals surface area contributed by atoms with Crippen LogP contribution in [0.1, 0.15) is 15.9 Å². The summed E-state index contributed by atoms with van der Waals surface area (Å²) < 4.78 is 0.420. The van der Waals surface area contributed by atoms with Gasteiger partial charge in [-0.2, -0.15) is 0 Å². The van der Waals surface area contributed by atoms with E-state index in [9.17, 15) is 19.7 Å². The number of carbonyl (C=O) groups excluding carboxylic acids is 2. The fraction of sp³-hybridized carbons (Fsp3) is 0. The number of aromatic nitrogens is 1. The van der Waals surface area contributed by atoms with Crippen molar-refractivity contribution in [2.24, 2.45) is 0 Å². The van der Waals surface area contributed by atoms with Gasteiger partial charge in [-0.05, 0) is 35.9 Å². The van der Waals surface area contributed by atoms with E-state index in [1.807, 2.05) is 0 Å². The van der Waals surface area contributed by atoms with Gasteiger partial charge in [0, 0.05) is 28.6 Å². The van der Waals surface area contributed by atoms with Gasteiger partial charge in [0.15, 0.2) is 5.13 Å². The monoisotopic (exact) mass is 468 g/mol. The first-order valence-electron chi connectivity index (χ1n) is 8.76. The van der Waals surface area contributed by atoms with E-state index >= 15 is 0 Å². The Kier molecular flexibility index (Phi) is 5.89. The highest BCUT2D eigenvalue weighted by Gasteiger charge is 2.22. The zero-order valence-electron chi connectivity index (χ0n) is 15.5. The van der Waals surface area contributed by atoms with Crippen molar-refractivity contribution < 1.29 is 14.5 Å². The lowest BCUT2D eigenvalue weighted by Gasteiger charge is -2.03. The zero-order chi connectivity index (χ0) is 22.0. The molecule has 2 heterocycles. The van der Waals surface area contributed by atoms with Crippen LogP contribution in [0.2, 0.25) is 0 Å². The quantitative estimate of drug-likeness (QED) is 0.246. The molecule has 2 N–H and O–H groups in total. The molecule has 8 nitrogen and oxygen atoms in total. The second-order valence-corrected chi connectivity index (χ2v) is 8.85. The predicted octanol–water partition coefficient (Wildman–Crippen LogP) is 4.46. The maximum Gasteiger partial charge on any atom is 0.269 e. The average molecular weight is 469 g/mol. The number of thiocarbonyl (C=S) groups is 1. The number of nitro benzene ring substituents is 1. The molecule has 1 saturated heterocycles. The fourth-order valence-electron chi connectivity index (χ4n) is 2.69. The van der Waals surface area contributed by atoms with Crippen molar-refractivity contribution in [2.75, 3.05) is 5.32 Å². The Morgan fingerprint density at radius 2 is 1.87 bits per heavy atom. The van der Waals surface area contributed by atoms with Gasteiger partial charge in [-0.25, -0.2) is 4.98 Å². The molecule has 3 aromatic rings. The summed E-state index contributed by atoms with van der Waals surface area (Å²) >= 11 is 7.41. The lowest BCUT2D eigenvalue weighted by Crippen LogP contribution is -2.17. The summed E-state index contributed by atoms with van der Waals surface area (Å²) in [5.41, 5.74) is 2.54. The molecule has 1 aliphatic heterocycles. The number of nitrogens with one attached hydrogen (secondary N) is 2. The maximum absolute atomic E-state index is 12.5. The van der Waals surface area contributed by atoms with Crippen LogP contribution in [0, 0.1) is 10.1 Å². The number of thiazole rings is 1. The number of thioether (sulfide) groups is 1. The molecule has 11 heteroatoms. The van der Waals surface area contributed by atoms with Crippen molar-refractivity contribution in [3.63, 3.8) is 0 Å². The lowest BCUT2D eigenvalue weighted by molar-refractivity contribution is -0.384.